The first-order valence-corrected chi connectivity index (χ1v) is 9.05. The Morgan fingerprint density at radius 3 is 2.64 bits per heavy atom. The van der Waals surface area contributed by atoms with E-state index in [2.05, 4.69) is 4.98 Å². The van der Waals surface area contributed by atoms with Crippen molar-refractivity contribution in [1.82, 2.24) is 9.55 Å². The third-order valence-corrected chi connectivity index (χ3v) is 5.59. The highest BCUT2D eigenvalue weighted by molar-refractivity contribution is 5.77. The fourth-order valence-electron chi connectivity index (χ4n) is 4.24. The summed E-state index contributed by atoms with van der Waals surface area (Å²) in [4.78, 5) is 39.3. The minimum absolute atomic E-state index is 0.0919. The van der Waals surface area contributed by atoms with Gasteiger partial charge in [-0.3, -0.25) is 14.2 Å². The number of H-pyrrole nitrogens is 1. The van der Waals surface area contributed by atoms with Crippen LogP contribution in [0.15, 0.2) is 33.9 Å². The Labute approximate surface area is 144 Å². The molecule has 2 saturated carbocycles. The summed E-state index contributed by atoms with van der Waals surface area (Å²) in [6, 6.07) is 6.94. The maximum Gasteiger partial charge on any atom is 0.328 e. The molecule has 0 radical (unpaired) electrons. The van der Waals surface area contributed by atoms with Gasteiger partial charge < -0.3 is 9.72 Å². The molecule has 0 bridgehead atoms. The molecule has 2 aliphatic rings. The number of ether oxygens (including phenoxy) is 1. The fraction of sp³-hybridized carbons (Fsp3) is 0.526. The Morgan fingerprint density at radius 1 is 1.16 bits per heavy atom. The van der Waals surface area contributed by atoms with E-state index in [0.717, 1.165) is 12.8 Å². The number of aromatic amines is 1. The van der Waals surface area contributed by atoms with Crippen LogP contribution >= 0.6 is 0 Å². The minimum Gasteiger partial charge on any atom is -0.465 e. The number of hydrogen-bond acceptors (Lipinski definition) is 4. The summed E-state index contributed by atoms with van der Waals surface area (Å²) >= 11 is 0. The lowest BCUT2D eigenvalue weighted by Crippen LogP contribution is -2.35. The third kappa shape index (κ3) is 3.01. The summed E-state index contributed by atoms with van der Waals surface area (Å²) in [5.41, 5.74) is -0.196. The van der Waals surface area contributed by atoms with Crippen LogP contribution in [0.25, 0.3) is 10.9 Å². The molecule has 2 fully saturated rings. The Balaban J connectivity index is 1.35. The van der Waals surface area contributed by atoms with Crippen LogP contribution in [-0.4, -0.2) is 22.1 Å². The molecule has 0 aliphatic heterocycles. The van der Waals surface area contributed by atoms with Gasteiger partial charge in [-0.2, -0.15) is 0 Å². The number of hydrogen-bond donors (Lipinski definition) is 1. The van der Waals surface area contributed by atoms with Gasteiger partial charge in [0.05, 0.1) is 23.4 Å². The first-order valence-electron chi connectivity index (χ1n) is 9.05. The van der Waals surface area contributed by atoms with Crippen molar-refractivity contribution in [3.05, 3.63) is 45.1 Å². The molecule has 1 heterocycles. The number of carbonyl (C=O) groups excluding carboxylic acids is 1. The minimum atomic E-state index is -0.428. The van der Waals surface area contributed by atoms with Gasteiger partial charge >= 0.3 is 11.7 Å². The van der Waals surface area contributed by atoms with Crippen molar-refractivity contribution in [2.45, 2.75) is 38.6 Å². The molecule has 0 saturated heterocycles. The average Bonchev–Trinajstić information content (AvgIpc) is 3.35. The van der Waals surface area contributed by atoms with Crippen LogP contribution in [0.5, 0.6) is 0 Å². The molecule has 2 atom stereocenters. The molecule has 1 aromatic heterocycles. The molecule has 132 valence electrons. The molecule has 25 heavy (non-hydrogen) atoms. The number of nitrogens with one attached hydrogen (secondary N) is 1. The molecule has 2 aliphatic carbocycles. The Kier molecular flexibility index (Phi) is 4.19. The monoisotopic (exact) mass is 342 g/mol. The van der Waals surface area contributed by atoms with Crippen molar-refractivity contribution in [2.24, 2.45) is 17.8 Å². The van der Waals surface area contributed by atoms with E-state index < -0.39 is 5.69 Å². The van der Waals surface area contributed by atoms with E-state index >= 15 is 0 Å². The van der Waals surface area contributed by atoms with Crippen LogP contribution in [0.4, 0.5) is 0 Å². The van der Waals surface area contributed by atoms with Crippen molar-refractivity contribution in [1.29, 1.82) is 0 Å². The summed E-state index contributed by atoms with van der Waals surface area (Å²) in [5.74, 6) is 1.06. The molecule has 4 rings (SSSR count). The van der Waals surface area contributed by atoms with Gasteiger partial charge in [-0.25, -0.2) is 4.79 Å². The van der Waals surface area contributed by atoms with Crippen LogP contribution in [0.3, 0.4) is 0 Å². The zero-order valence-electron chi connectivity index (χ0n) is 14.1. The van der Waals surface area contributed by atoms with Crippen molar-refractivity contribution >= 4 is 16.9 Å². The summed E-state index contributed by atoms with van der Waals surface area (Å²) in [6.07, 6.45) is 5.19. The van der Waals surface area contributed by atoms with Gasteiger partial charge in [0.1, 0.15) is 0 Å². The van der Waals surface area contributed by atoms with Crippen LogP contribution in [-0.2, 0) is 16.1 Å². The molecule has 0 amide bonds. The average molecular weight is 342 g/mol. The molecule has 1 N–H and O–H groups in total. The normalized spacial score (nSPS) is 24.7. The van der Waals surface area contributed by atoms with E-state index in [1.54, 1.807) is 24.3 Å². The predicted octanol–water partition coefficient (Wildman–Crippen LogP) is 2.06. The van der Waals surface area contributed by atoms with Crippen molar-refractivity contribution in [3.63, 3.8) is 0 Å². The topological polar surface area (TPSA) is 81.2 Å². The van der Waals surface area contributed by atoms with Gasteiger partial charge in [0.15, 0.2) is 0 Å². The maximum absolute atomic E-state index is 12.4. The molecule has 0 spiro atoms. The lowest BCUT2D eigenvalue weighted by molar-refractivity contribution is -0.146. The van der Waals surface area contributed by atoms with Gasteiger partial charge in [-0.1, -0.05) is 25.0 Å². The van der Waals surface area contributed by atoms with E-state index in [0.29, 0.717) is 29.2 Å². The highest BCUT2D eigenvalue weighted by atomic mass is 16.5. The first-order chi connectivity index (χ1) is 12.2. The van der Waals surface area contributed by atoms with Crippen LogP contribution in [0.2, 0.25) is 0 Å². The standard InChI is InChI=1S/C19H22N2O4/c22-17-14-8-3-4-9-15(14)20-19(24)21(17)10-5-11-25-18(23)16-12-6-1-2-7-13(12)16/h3-4,8-9,12-13,16H,1-2,5-7,10-11H2,(H,20,24)/t12-,13-/m0/s1. The second-order valence-electron chi connectivity index (χ2n) is 7.09. The number of benzene rings is 1. The third-order valence-electron chi connectivity index (χ3n) is 5.59. The number of nitrogens with zero attached hydrogens (tertiary/aromatic N) is 1. The smallest absolute Gasteiger partial charge is 0.328 e. The van der Waals surface area contributed by atoms with E-state index in [1.165, 1.54) is 17.4 Å². The fourth-order valence-corrected chi connectivity index (χ4v) is 4.24. The molecule has 1 aromatic carbocycles. The van der Waals surface area contributed by atoms with Crippen molar-refractivity contribution in [2.75, 3.05) is 6.61 Å². The van der Waals surface area contributed by atoms with Gasteiger partial charge in [0, 0.05) is 6.54 Å². The highest BCUT2D eigenvalue weighted by Gasteiger charge is 2.55. The van der Waals surface area contributed by atoms with Gasteiger partial charge in [-0.05, 0) is 43.2 Å². The number of rotatable bonds is 5. The van der Waals surface area contributed by atoms with Crippen molar-refractivity contribution < 1.29 is 9.53 Å². The number of carbonyl (C=O) groups is 1. The Morgan fingerprint density at radius 2 is 1.88 bits per heavy atom. The number of esters is 1. The van der Waals surface area contributed by atoms with Crippen LogP contribution in [0, 0.1) is 17.8 Å². The lowest BCUT2D eigenvalue weighted by Gasteiger charge is -2.07. The lowest BCUT2D eigenvalue weighted by atomic mass is 10.0. The summed E-state index contributed by atoms with van der Waals surface area (Å²) in [7, 11) is 0. The summed E-state index contributed by atoms with van der Waals surface area (Å²) in [5, 5.41) is 0.487. The zero-order valence-corrected chi connectivity index (χ0v) is 14.1. The Bertz CT molecular complexity index is 902. The van der Waals surface area contributed by atoms with E-state index in [9.17, 15) is 14.4 Å². The van der Waals surface area contributed by atoms with Gasteiger partial charge in [0.25, 0.3) is 5.56 Å². The molecule has 6 nitrogen and oxygen atoms in total. The molecule has 2 aromatic rings. The van der Waals surface area contributed by atoms with E-state index in [1.807, 2.05) is 0 Å². The number of aromatic nitrogens is 2. The first kappa shape index (κ1) is 16.1. The molecular formula is C19H22N2O4. The summed E-state index contributed by atoms with van der Waals surface area (Å²) in [6.45, 7) is 0.483. The predicted molar refractivity (Wildman–Crippen MR) is 93.3 cm³/mol. The Hall–Kier alpha value is -2.37. The van der Waals surface area contributed by atoms with Crippen LogP contribution < -0.4 is 11.2 Å². The van der Waals surface area contributed by atoms with Crippen LogP contribution in [0.1, 0.15) is 32.1 Å². The zero-order chi connectivity index (χ0) is 17.4. The molecule has 0 unspecified atom stereocenters. The second-order valence-corrected chi connectivity index (χ2v) is 7.09. The maximum atomic E-state index is 12.4. The largest absolute Gasteiger partial charge is 0.465 e. The van der Waals surface area contributed by atoms with Gasteiger partial charge in [0.2, 0.25) is 0 Å². The second kappa shape index (κ2) is 6.50. The van der Waals surface area contributed by atoms with E-state index in [-0.39, 0.29) is 30.6 Å². The number of fused-ring (bicyclic) bond motifs is 2. The number of para-hydroxylation sites is 1. The quantitative estimate of drug-likeness (QED) is 0.666. The van der Waals surface area contributed by atoms with E-state index in [4.69, 9.17) is 4.74 Å². The highest BCUT2D eigenvalue weighted by Crippen LogP contribution is 2.55. The molecule has 6 heteroatoms. The van der Waals surface area contributed by atoms with Gasteiger partial charge in [-0.15, -0.1) is 0 Å². The molecular weight excluding hydrogens is 320 g/mol. The summed E-state index contributed by atoms with van der Waals surface area (Å²) < 4.78 is 6.55. The SMILES string of the molecule is O=C(OCCCn1c(=O)[nH]c2ccccc2c1=O)C1[C@H]2CCCC[C@H]12. The van der Waals surface area contributed by atoms with Crippen molar-refractivity contribution in [3.8, 4) is 0 Å².